The smallest absolute Gasteiger partial charge is 0.319 e. The Morgan fingerprint density at radius 2 is 1.93 bits per heavy atom. The standard InChI is InChI=1S/C19H26N8O/c1-12-7-8-16(18-22-25-26(5)24-18)11-17(12)21-19(28)20-9-6-10-27-15(4)13(2)14(3)23-27/h7-8,11H,6,9-10H2,1-5H3,(H2,20,21,28). The molecule has 0 saturated carbocycles. The Hall–Kier alpha value is -3.23. The number of carbonyl (C=O) groups excluding carboxylic acids is 1. The van der Waals surface area contributed by atoms with E-state index in [9.17, 15) is 4.79 Å². The summed E-state index contributed by atoms with van der Waals surface area (Å²) in [5.74, 6) is 0.520. The number of aryl methyl sites for hydroxylation is 4. The van der Waals surface area contributed by atoms with Crippen LogP contribution in [0.4, 0.5) is 10.5 Å². The third kappa shape index (κ3) is 4.36. The lowest BCUT2D eigenvalue weighted by Gasteiger charge is -2.11. The molecule has 1 aromatic carbocycles. The van der Waals surface area contributed by atoms with Crippen molar-refractivity contribution in [1.29, 1.82) is 0 Å². The van der Waals surface area contributed by atoms with Crippen LogP contribution >= 0.6 is 0 Å². The molecule has 0 spiro atoms. The molecule has 0 aliphatic heterocycles. The molecule has 3 aromatic rings. The topological polar surface area (TPSA) is 103 Å². The number of carbonyl (C=O) groups is 1. The summed E-state index contributed by atoms with van der Waals surface area (Å²) in [4.78, 5) is 13.7. The zero-order valence-electron chi connectivity index (χ0n) is 16.9. The monoisotopic (exact) mass is 382 g/mol. The summed E-state index contributed by atoms with van der Waals surface area (Å²) in [6, 6.07) is 5.44. The van der Waals surface area contributed by atoms with Gasteiger partial charge in [-0.25, -0.2) is 4.79 Å². The Kier molecular flexibility index (Phi) is 5.72. The molecular formula is C19H26N8O. The largest absolute Gasteiger partial charge is 0.338 e. The number of tetrazole rings is 1. The molecule has 3 rings (SSSR count). The van der Waals surface area contributed by atoms with Gasteiger partial charge < -0.3 is 10.6 Å². The minimum atomic E-state index is -0.239. The molecule has 0 atom stereocenters. The first-order valence-corrected chi connectivity index (χ1v) is 9.25. The van der Waals surface area contributed by atoms with Crippen molar-refractivity contribution >= 4 is 11.7 Å². The van der Waals surface area contributed by atoms with Crippen LogP contribution in [0, 0.1) is 27.7 Å². The molecule has 2 amide bonds. The molecule has 2 heterocycles. The van der Waals surface area contributed by atoms with Gasteiger partial charge in [-0.2, -0.15) is 9.90 Å². The first kappa shape index (κ1) is 19.5. The Balaban J connectivity index is 1.54. The number of anilines is 1. The van der Waals surface area contributed by atoms with Crippen LogP contribution < -0.4 is 10.6 Å². The van der Waals surface area contributed by atoms with Crippen LogP contribution in [0.2, 0.25) is 0 Å². The average molecular weight is 382 g/mol. The van der Waals surface area contributed by atoms with Gasteiger partial charge >= 0.3 is 6.03 Å². The van der Waals surface area contributed by atoms with E-state index in [1.165, 1.54) is 16.1 Å². The Morgan fingerprint density at radius 1 is 1.14 bits per heavy atom. The Morgan fingerprint density at radius 3 is 2.57 bits per heavy atom. The van der Waals surface area contributed by atoms with E-state index in [1.54, 1.807) is 7.05 Å². The number of nitrogens with zero attached hydrogens (tertiary/aromatic N) is 6. The number of hydrogen-bond donors (Lipinski definition) is 2. The molecule has 0 radical (unpaired) electrons. The first-order chi connectivity index (χ1) is 13.3. The van der Waals surface area contributed by atoms with Crippen LogP contribution in [0.1, 0.15) is 28.9 Å². The number of hydrogen-bond acceptors (Lipinski definition) is 5. The number of aromatic nitrogens is 6. The molecule has 2 aromatic heterocycles. The Bertz CT molecular complexity index is 988. The highest BCUT2D eigenvalue weighted by atomic mass is 16.2. The maximum Gasteiger partial charge on any atom is 0.319 e. The van der Waals surface area contributed by atoms with Gasteiger partial charge in [0.15, 0.2) is 0 Å². The second-order valence-corrected chi connectivity index (χ2v) is 6.89. The molecule has 0 bridgehead atoms. The number of rotatable bonds is 6. The molecule has 0 aliphatic rings. The van der Waals surface area contributed by atoms with Gasteiger partial charge in [-0.1, -0.05) is 12.1 Å². The molecular weight excluding hydrogens is 356 g/mol. The van der Waals surface area contributed by atoms with E-state index in [0.717, 1.165) is 35.5 Å². The number of amides is 2. The van der Waals surface area contributed by atoms with Gasteiger partial charge in [-0.15, -0.1) is 10.2 Å². The highest BCUT2D eigenvalue weighted by Crippen LogP contribution is 2.22. The summed E-state index contributed by atoms with van der Waals surface area (Å²) in [7, 11) is 1.71. The zero-order chi connectivity index (χ0) is 20.3. The van der Waals surface area contributed by atoms with E-state index in [2.05, 4.69) is 45.0 Å². The normalized spacial score (nSPS) is 10.9. The predicted molar refractivity (Wildman–Crippen MR) is 107 cm³/mol. The van der Waals surface area contributed by atoms with Crippen molar-refractivity contribution in [1.82, 2.24) is 35.3 Å². The van der Waals surface area contributed by atoms with Crippen LogP contribution in [-0.2, 0) is 13.6 Å². The van der Waals surface area contributed by atoms with Gasteiger partial charge in [0.25, 0.3) is 0 Å². The van der Waals surface area contributed by atoms with Gasteiger partial charge in [0.2, 0.25) is 5.82 Å². The molecule has 0 saturated heterocycles. The van der Waals surface area contributed by atoms with Crippen molar-refractivity contribution in [2.45, 2.75) is 40.7 Å². The van der Waals surface area contributed by atoms with Crippen molar-refractivity contribution in [3.05, 3.63) is 40.7 Å². The SMILES string of the molecule is Cc1ccc(-c2nnn(C)n2)cc1NC(=O)NCCCn1nc(C)c(C)c1C. The van der Waals surface area contributed by atoms with E-state index in [0.29, 0.717) is 12.4 Å². The van der Waals surface area contributed by atoms with Crippen molar-refractivity contribution in [3.63, 3.8) is 0 Å². The summed E-state index contributed by atoms with van der Waals surface area (Å²) in [5, 5.41) is 22.3. The van der Waals surface area contributed by atoms with Crippen molar-refractivity contribution in [2.75, 3.05) is 11.9 Å². The highest BCUT2D eigenvalue weighted by molar-refractivity contribution is 5.90. The van der Waals surface area contributed by atoms with Crippen LogP contribution in [0.3, 0.4) is 0 Å². The molecule has 9 heteroatoms. The van der Waals surface area contributed by atoms with Crippen molar-refractivity contribution in [3.8, 4) is 11.4 Å². The fourth-order valence-electron chi connectivity index (χ4n) is 2.90. The van der Waals surface area contributed by atoms with Gasteiger partial charge in [0.05, 0.1) is 12.7 Å². The zero-order valence-corrected chi connectivity index (χ0v) is 16.9. The second-order valence-electron chi connectivity index (χ2n) is 6.89. The minimum Gasteiger partial charge on any atom is -0.338 e. The van der Waals surface area contributed by atoms with Crippen LogP contribution in [0.15, 0.2) is 18.2 Å². The summed E-state index contributed by atoms with van der Waals surface area (Å²) >= 11 is 0. The number of nitrogens with one attached hydrogen (secondary N) is 2. The van der Waals surface area contributed by atoms with E-state index < -0.39 is 0 Å². The minimum absolute atomic E-state index is 0.239. The molecule has 0 aliphatic carbocycles. The second kappa shape index (κ2) is 8.20. The molecule has 9 nitrogen and oxygen atoms in total. The van der Waals surface area contributed by atoms with Gasteiger partial charge in [-0.3, -0.25) is 4.68 Å². The van der Waals surface area contributed by atoms with Gasteiger partial charge in [-0.05, 0) is 56.5 Å². The highest BCUT2D eigenvalue weighted by Gasteiger charge is 2.10. The lowest BCUT2D eigenvalue weighted by Crippen LogP contribution is -2.30. The van der Waals surface area contributed by atoms with Gasteiger partial charge in [0, 0.05) is 30.0 Å². The maximum absolute atomic E-state index is 12.3. The average Bonchev–Trinajstić information content (AvgIpc) is 3.20. The summed E-state index contributed by atoms with van der Waals surface area (Å²) in [6.45, 7) is 9.43. The van der Waals surface area contributed by atoms with E-state index in [4.69, 9.17) is 0 Å². The molecule has 28 heavy (non-hydrogen) atoms. The first-order valence-electron chi connectivity index (χ1n) is 9.25. The number of urea groups is 1. The maximum atomic E-state index is 12.3. The fraction of sp³-hybridized carbons (Fsp3) is 0.421. The van der Waals surface area contributed by atoms with Crippen molar-refractivity contribution in [2.24, 2.45) is 7.05 Å². The summed E-state index contributed by atoms with van der Waals surface area (Å²) < 4.78 is 1.99. The van der Waals surface area contributed by atoms with E-state index in [1.807, 2.05) is 36.7 Å². The third-order valence-corrected chi connectivity index (χ3v) is 4.83. The predicted octanol–water partition coefficient (Wildman–Crippen LogP) is 2.52. The Labute approximate surface area is 164 Å². The summed E-state index contributed by atoms with van der Waals surface area (Å²) in [5.41, 5.74) is 5.92. The fourth-order valence-corrected chi connectivity index (χ4v) is 2.90. The summed E-state index contributed by atoms with van der Waals surface area (Å²) in [6.07, 6.45) is 0.803. The van der Waals surface area contributed by atoms with E-state index >= 15 is 0 Å². The number of benzene rings is 1. The molecule has 148 valence electrons. The van der Waals surface area contributed by atoms with Crippen LogP contribution in [0.5, 0.6) is 0 Å². The quantitative estimate of drug-likeness (QED) is 0.638. The van der Waals surface area contributed by atoms with Crippen molar-refractivity contribution < 1.29 is 4.79 Å². The molecule has 0 unspecified atom stereocenters. The van der Waals surface area contributed by atoms with Gasteiger partial charge in [0.1, 0.15) is 0 Å². The lowest BCUT2D eigenvalue weighted by molar-refractivity contribution is 0.251. The van der Waals surface area contributed by atoms with Crippen LogP contribution in [0.25, 0.3) is 11.4 Å². The third-order valence-electron chi connectivity index (χ3n) is 4.83. The molecule has 0 fully saturated rings. The molecule has 2 N–H and O–H groups in total. The van der Waals surface area contributed by atoms with E-state index in [-0.39, 0.29) is 6.03 Å². The van der Waals surface area contributed by atoms with Crippen LogP contribution in [-0.4, -0.2) is 42.6 Å². The lowest BCUT2D eigenvalue weighted by atomic mass is 10.1.